The number of pyridine rings is 1. The topological polar surface area (TPSA) is 80.0 Å². The van der Waals surface area contributed by atoms with Crippen molar-refractivity contribution in [2.24, 2.45) is 0 Å². The maximum atomic E-state index is 12.0. The van der Waals surface area contributed by atoms with Crippen molar-refractivity contribution >= 4 is 40.4 Å². The second-order valence-corrected chi connectivity index (χ2v) is 11.7. The number of rotatable bonds is 12. The Morgan fingerprint density at radius 3 is 2.45 bits per heavy atom. The van der Waals surface area contributed by atoms with Gasteiger partial charge in [-0.1, -0.05) is 24.3 Å². The number of hydroxylamine groups is 2. The molecule has 2 aromatic carbocycles. The molecule has 0 spiro atoms. The van der Waals surface area contributed by atoms with Gasteiger partial charge in [0.15, 0.2) is 18.5 Å². The van der Waals surface area contributed by atoms with Gasteiger partial charge < -0.3 is 19.0 Å². The highest BCUT2D eigenvalue weighted by Crippen LogP contribution is 2.38. The first-order chi connectivity index (χ1) is 20.2. The molecule has 1 fully saturated rings. The van der Waals surface area contributed by atoms with E-state index in [9.17, 15) is 14.4 Å². The van der Waals surface area contributed by atoms with Crippen LogP contribution in [-0.2, 0) is 25.8 Å². The third-order valence-corrected chi connectivity index (χ3v) is 8.01. The highest BCUT2D eigenvalue weighted by atomic mass is 16.7. The van der Waals surface area contributed by atoms with Crippen LogP contribution in [0, 0.1) is 0 Å². The third kappa shape index (κ3) is 6.79. The highest BCUT2D eigenvalue weighted by molar-refractivity contribution is 6.01. The van der Waals surface area contributed by atoms with Gasteiger partial charge in [0.2, 0.25) is 11.4 Å². The van der Waals surface area contributed by atoms with Crippen molar-refractivity contribution in [1.29, 1.82) is 0 Å². The van der Waals surface area contributed by atoms with Gasteiger partial charge >= 0.3 is 5.97 Å². The summed E-state index contributed by atoms with van der Waals surface area (Å²) in [5.74, 6) is 0.283. The Balaban J connectivity index is 1.10. The van der Waals surface area contributed by atoms with Crippen LogP contribution in [-0.4, -0.2) is 61.6 Å². The Bertz CT molecular complexity index is 1500. The van der Waals surface area contributed by atoms with Gasteiger partial charge in [0, 0.05) is 44.5 Å². The van der Waals surface area contributed by atoms with Crippen LogP contribution >= 0.6 is 0 Å². The van der Waals surface area contributed by atoms with E-state index in [1.165, 1.54) is 10.9 Å². The zero-order valence-corrected chi connectivity index (χ0v) is 24.8. The molecule has 5 rings (SSSR count). The Kier molecular flexibility index (Phi) is 8.87. The van der Waals surface area contributed by atoms with Crippen LogP contribution in [0.4, 0.5) is 5.69 Å². The molecule has 2 aliphatic rings. The van der Waals surface area contributed by atoms with Gasteiger partial charge in [-0.25, -0.2) is 4.79 Å². The lowest BCUT2D eigenvalue weighted by Gasteiger charge is -2.29. The van der Waals surface area contributed by atoms with Gasteiger partial charge in [0.05, 0.1) is 44.7 Å². The van der Waals surface area contributed by atoms with Crippen LogP contribution in [0.25, 0.3) is 17.0 Å². The summed E-state index contributed by atoms with van der Waals surface area (Å²) in [7, 11) is 6.51. The summed E-state index contributed by atoms with van der Waals surface area (Å²) in [5, 5.41) is 1.81. The Hall–Kier alpha value is -4.24. The number of amides is 2. The summed E-state index contributed by atoms with van der Waals surface area (Å²) in [6, 6.07) is 18.7. The number of anilines is 1. The van der Waals surface area contributed by atoms with E-state index in [4.69, 9.17) is 9.57 Å². The Morgan fingerprint density at radius 2 is 1.67 bits per heavy atom. The summed E-state index contributed by atoms with van der Waals surface area (Å²) >= 11 is 0. The zero-order chi connectivity index (χ0) is 29.7. The molecule has 9 nitrogen and oxygen atoms in total. The molecular formula is C33H40N4O5+2. The monoisotopic (exact) mass is 572 g/mol. The van der Waals surface area contributed by atoms with E-state index in [-0.39, 0.29) is 19.3 Å². The minimum absolute atomic E-state index is 0.111. The van der Waals surface area contributed by atoms with E-state index in [0.717, 1.165) is 66.3 Å². The van der Waals surface area contributed by atoms with Crippen LogP contribution in [0.2, 0.25) is 0 Å². The van der Waals surface area contributed by atoms with E-state index in [0.29, 0.717) is 11.5 Å². The molecule has 220 valence electrons. The van der Waals surface area contributed by atoms with Crippen molar-refractivity contribution in [3.63, 3.8) is 0 Å². The fourth-order valence-corrected chi connectivity index (χ4v) is 5.58. The van der Waals surface area contributed by atoms with Crippen molar-refractivity contribution in [1.82, 2.24) is 5.06 Å². The second kappa shape index (κ2) is 12.7. The number of quaternary nitrogens is 1. The van der Waals surface area contributed by atoms with Gasteiger partial charge in [0.25, 0.3) is 11.8 Å². The first kappa shape index (κ1) is 29.3. The highest BCUT2D eigenvalue weighted by Gasteiger charge is 2.32. The Labute approximate surface area is 247 Å². The molecule has 1 aromatic heterocycles. The number of carbonyl (C=O) groups excluding carboxylic acids is 3. The first-order valence-corrected chi connectivity index (χ1v) is 14.7. The molecule has 0 unspecified atom stereocenters. The number of imide groups is 1. The van der Waals surface area contributed by atoms with Crippen LogP contribution in [0.3, 0.4) is 0 Å². The summed E-state index contributed by atoms with van der Waals surface area (Å²) in [6.45, 7) is 2.96. The minimum atomic E-state index is -0.522. The number of benzene rings is 2. The number of hydrogen-bond donors (Lipinski definition) is 0. The minimum Gasteiger partial charge on any atom is -0.439 e. The molecule has 3 heterocycles. The number of para-hydroxylation sites is 3. The number of aromatic nitrogens is 1. The molecule has 9 heteroatoms. The molecule has 0 bridgehead atoms. The number of unbranched alkanes of at least 4 members (excludes halogenated alkanes) is 2. The maximum absolute atomic E-state index is 12.0. The predicted molar refractivity (Wildman–Crippen MR) is 160 cm³/mol. The molecule has 0 saturated carbocycles. The molecule has 2 amide bonds. The lowest BCUT2D eigenvalue weighted by Crippen LogP contribution is -2.44. The fraction of sp³-hybridized carbons (Fsp3) is 0.394. The van der Waals surface area contributed by atoms with Crippen molar-refractivity contribution in [3.05, 3.63) is 72.2 Å². The van der Waals surface area contributed by atoms with E-state index in [2.05, 4.69) is 72.2 Å². The average Bonchev–Trinajstić information content (AvgIpc) is 3.46. The SMILES string of the molecule is CN1/C(=C/c2cc[n+](CCC[N+](C)(C)CCCCCC(=O)ON3C(=O)CCC3=O)c3ccccc23)Oc2ccccc21. The summed E-state index contributed by atoms with van der Waals surface area (Å²) in [6.07, 6.45) is 8.29. The van der Waals surface area contributed by atoms with E-state index in [1.807, 2.05) is 25.2 Å². The number of hydrogen-bond acceptors (Lipinski definition) is 6. The standard InChI is InChI=1S/C33H40N4O5/c1-34-28-14-8-9-15-29(28)41-32(34)24-25-19-21-35(27-13-7-6-12-26(25)27)20-11-23-37(2,3)22-10-4-5-16-33(40)42-36-30(38)17-18-31(36)39/h6-9,12-15,19,21,24H,4-5,10-11,16-18,20,22-23H2,1-3H3/q+2. The summed E-state index contributed by atoms with van der Waals surface area (Å²) in [5.41, 5.74) is 3.38. The largest absolute Gasteiger partial charge is 0.439 e. The third-order valence-electron chi connectivity index (χ3n) is 8.01. The molecule has 3 aromatic rings. The van der Waals surface area contributed by atoms with E-state index >= 15 is 0 Å². The van der Waals surface area contributed by atoms with Gasteiger partial charge in [0.1, 0.15) is 0 Å². The quantitative estimate of drug-likeness (QED) is 0.137. The van der Waals surface area contributed by atoms with Crippen LogP contribution in [0.1, 0.15) is 50.5 Å². The molecule has 1 saturated heterocycles. The molecular weight excluding hydrogens is 532 g/mol. The van der Waals surface area contributed by atoms with Crippen molar-refractivity contribution in [2.45, 2.75) is 51.5 Å². The lowest BCUT2D eigenvalue weighted by atomic mass is 10.1. The van der Waals surface area contributed by atoms with Gasteiger partial charge in [-0.3, -0.25) is 9.59 Å². The number of nitrogens with zero attached hydrogens (tertiary/aromatic N) is 4. The van der Waals surface area contributed by atoms with Gasteiger partial charge in [-0.05, 0) is 43.0 Å². The molecule has 0 N–H and O–H groups in total. The molecule has 0 radical (unpaired) electrons. The second-order valence-electron chi connectivity index (χ2n) is 11.7. The first-order valence-electron chi connectivity index (χ1n) is 14.7. The Morgan fingerprint density at radius 1 is 0.952 bits per heavy atom. The summed E-state index contributed by atoms with van der Waals surface area (Å²) in [4.78, 5) is 42.2. The molecule has 2 aliphatic heterocycles. The number of fused-ring (bicyclic) bond motifs is 2. The fourth-order valence-electron chi connectivity index (χ4n) is 5.58. The number of aryl methyl sites for hydroxylation is 1. The van der Waals surface area contributed by atoms with E-state index in [1.54, 1.807) is 0 Å². The number of ether oxygens (including phenoxy) is 1. The smallest absolute Gasteiger partial charge is 0.333 e. The molecule has 0 aliphatic carbocycles. The normalized spacial score (nSPS) is 15.9. The van der Waals surface area contributed by atoms with Crippen LogP contribution < -0.4 is 14.2 Å². The van der Waals surface area contributed by atoms with Gasteiger partial charge in [-0.2, -0.15) is 4.57 Å². The lowest BCUT2D eigenvalue weighted by molar-refractivity contribution is -0.892. The van der Waals surface area contributed by atoms with Crippen molar-refractivity contribution in [3.8, 4) is 5.75 Å². The molecule has 42 heavy (non-hydrogen) atoms. The number of carbonyl (C=O) groups is 3. The summed E-state index contributed by atoms with van der Waals surface area (Å²) < 4.78 is 9.35. The molecule has 0 atom stereocenters. The van der Waals surface area contributed by atoms with Crippen molar-refractivity contribution in [2.75, 3.05) is 39.1 Å². The zero-order valence-electron chi connectivity index (χ0n) is 24.8. The average molecular weight is 573 g/mol. The van der Waals surface area contributed by atoms with E-state index < -0.39 is 17.8 Å². The van der Waals surface area contributed by atoms with Crippen LogP contribution in [0.15, 0.2) is 66.7 Å². The predicted octanol–water partition coefficient (Wildman–Crippen LogP) is 4.59. The van der Waals surface area contributed by atoms with Gasteiger partial charge in [-0.15, -0.1) is 5.06 Å². The van der Waals surface area contributed by atoms with Crippen molar-refractivity contribution < 1.29 is 33.0 Å². The maximum Gasteiger partial charge on any atom is 0.333 e. The van der Waals surface area contributed by atoms with Crippen LogP contribution in [0.5, 0.6) is 5.75 Å².